The molecule has 38 heavy (non-hydrogen) atoms. The number of ketones is 1. The molecule has 0 spiro atoms. The predicted molar refractivity (Wildman–Crippen MR) is 146 cm³/mol. The molecular formula is C31H31N3O4. The number of likely N-dealkylation sites (tertiary alicyclic amines) is 1. The van der Waals surface area contributed by atoms with Crippen LogP contribution in [0.3, 0.4) is 0 Å². The van der Waals surface area contributed by atoms with Crippen molar-refractivity contribution in [3.05, 3.63) is 107 Å². The summed E-state index contributed by atoms with van der Waals surface area (Å²) >= 11 is 0. The number of carbonyl (C=O) groups is 2. The van der Waals surface area contributed by atoms with Gasteiger partial charge in [0.1, 0.15) is 17.1 Å². The average molecular weight is 510 g/mol. The molecule has 1 N–H and O–H groups in total. The molecule has 0 radical (unpaired) electrons. The lowest BCUT2D eigenvalue weighted by atomic mass is 9.96. The Balaban J connectivity index is 1.59. The van der Waals surface area contributed by atoms with Gasteiger partial charge >= 0.3 is 0 Å². The summed E-state index contributed by atoms with van der Waals surface area (Å²) < 4.78 is 7.60. The molecule has 1 aliphatic heterocycles. The zero-order valence-electron chi connectivity index (χ0n) is 21.6. The Morgan fingerprint density at radius 1 is 0.974 bits per heavy atom. The monoisotopic (exact) mass is 509 g/mol. The number of nitrogens with zero attached hydrogens (tertiary/aromatic N) is 3. The van der Waals surface area contributed by atoms with E-state index in [0.717, 1.165) is 30.6 Å². The van der Waals surface area contributed by atoms with Crippen LogP contribution in [0.1, 0.15) is 54.7 Å². The molecule has 1 saturated heterocycles. The SMILES string of the molecule is CCCCCOc1ccc(C2/C(=C(\O)c3c(C)nc4ccccn34)C(=O)C(=O)N2Cc2ccccc2)cc1. The van der Waals surface area contributed by atoms with E-state index in [1.54, 1.807) is 17.5 Å². The molecule has 4 aromatic rings. The lowest BCUT2D eigenvalue weighted by Gasteiger charge is -2.25. The van der Waals surface area contributed by atoms with Crippen LogP contribution in [0.4, 0.5) is 0 Å². The Bertz CT molecular complexity index is 1490. The summed E-state index contributed by atoms with van der Waals surface area (Å²) in [6, 6.07) is 21.7. The number of carbonyl (C=O) groups excluding carboxylic acids is 2. The Kier molecular flexibility index (Phi) is 7.26. The van der Waals surface area contributed by atoms with Crippen LogP contribution in [0.25, 0.3) is 11.4 Å². The Morgan fingerprint density at radius 2 is 1.71 bits per heavy atom. The fourth-order valence-electron chi connectivity index (χ4n) is 4.98. The number of aliphatic hydroxyl groups is 1. The van der Waals surface area contributed by atoms with Crippen LogP contribution in [0, 0.1) is 6.92 Å². The minimum Gasteiger partial charge on any atom is -0.505 e. The Hall–Kier alpha value is -4.39. The number of hydrogen-bond acceptors (Lipinski definition) is 5. The van der Waals surface area contributed by atoms with Gasteiger partial charge in [-0.05, 0) is 48.7 Å². The number of rotatable bonds is 9. The maximum Gasteiger partial charge on any atom is 0.295 e. The summed E-state index contributed by atoms with van der Waals surface area (Å²) in [5.41, 5.74) is 3.27. The van der Waals surface area contributed by atoms with E-state index in [1.165, 1.54) is 4.90 Å². The maximum atomic E-state index is 13.5. The number of aliphatic hydroxyl groups excluding tert-OH is 1. The molecule has 1 fully saturated rings. The first kappa shape index (κ1) is 25.3. The van der Waals surface area contributed by atoms with E-state index in [0.29, 0.717) is 29.2 Å². The van der Waals surface area contributed by atoms with Gasteiger partial charge < -0.3 is 14.7 Å². The van der Waals surface area contributed by atoms with Crippen molar-refractivity contribution in [3.8, 4) is 5.75 Å². The summed E-state index contributed by atoms with van der Waals surface area (Å²) in [6.07, 6.45) is 4.99. The van der Waals surface area contributed by atoms with Crippen LogP contribution in [-0.2, 0) is 16.1 Å². The van der Waals surface area contributed by atoms with Gasteiger partial charge in [0.15, 0.2) is 5.76 Å². The highest BCUT2D eigenvalue weighted by Crippen LogP contribution is 2.41. The van der Waals surface area contributed by atoms with Crippen molar-refractivity contribution in [2.24, 2.45) is 0 Å². The number of imidazole rings is 1. The number of Topliss-reactive ketones (excluding diaryl/α,β-unsaturated/α-hetero) is 1. The first-order valence-electron chi connectivity index (χ1n) is 13.0. The fraction of sp³-hybridized carbons (Fsp3) is 0.258. The third-order valence-corrected chi connectivity index (χ3v) is 6.88. The summed E-state index contributed by atoms with van der Waals surface area (Å²) in [7, 11) is 0. The molecular weight excluding hydrogens is 478 g/mol. The first-order chi connectivity index (χ1) is 18.5. The second-order valence-corrected chi connectivity index (χ2v) is 9.51. The number of amides is 1. The zero-order valence-corrected chi connectivity index (χ0v) is 21.6. The van der Waals surface area contributed by atoms with Crippen molar-refractivity contribution in [1.29, 1.82) is 0 Å². The van der Waals surface area contributed by atoms with E-state index < -0.39 is 17.7 Å². The predicted octanol–water partition coefficient (Wildman–Crippen LogP) is 5.83. The summed E-state index contributed by atoms with van der Waals surface area (Å²) in [4.78, 5) is 32.9. The topological polar surface area (TPSA) is 84.1 Å². The molecule has 1 atom stereocenters. The van der Waals surface area contributed by atoms with Gasteiger partial charge in [-0.2, -0.15) is 0 Å². The van der Waals surface area contributed by atoms with Gasteiger partial charge in [0.2, 0.25) is 0 Å². The lowest BCUT2D eigenvalue weighted by molar-refractivity contribution is -0.140. The zero-order chi connectivity index (χ0) is 26.6. The summed E-state index contributed by atoms with van der Waals surface area (Å²) in [5, 5.41) is 11.6. The molecule has 3 heterocycles. The number of fused-ring (bicyclic) bond motifs is 1. The fourth-order valence-corrected chi connectivity index (χ4v) is 4.98. The van der Waals surface area contributed by atoms with Crippen molar-refractivity contribution in [2.75, 3.05) is 6.61 Å². The van der Waals surface area contributed by atoms with Crippen molar-refractivity contribution >= 4 is 23.1 Å². The van der Waals surface area contributed by atoms with Crippen molar-refractivity contribution in [2.45, 2.75) is 45.7 Å². The third-order valence-electron chi connectivity index (χ3n) is 6.88. The molecule has 1 unspecified atom stereocenters. The van der Waals surface area contributed by atoms with E-state index in [1.807, 2.05) is 72.8 Å². The van der Waals surface area contributed by atoms with Gasteiger partial charge in [0.05, 0.1) is 23.9 Å². The van der Waals surface area contributed by atoms with Crippen LogP contribution in [0.15, 0.2) is 84.6 Å². The summed E-state index contributed by atoms with van der Waals surface area (Å²) in [5.74, 6) is -0.872. The molecule has 1 amide bonds. The van der Waals surface area contributed by atoms with Gasteiger partial charge in [0.25, 0.3) is 11.7 Å². The molecule has 5 rings (SSSR count). The van der Waals surface area contributed by atoms with Gasteiger partial charge in [-0.25, -0.2) is 4.98 Å². The van der Waals surface area contributed by atoms with E-state index in [4.69, 9.17) is 4.74 Å². The molecule has 0 aliphatic carbocycles. The molecule has 0 bridgehead atoms. The number of aromatic nitrogens is 2. The van der Waals surface area contributed by atoms with Gasteiger partial charge in [-0.1, -0.05) is 68.3 Å². The molecule has 2 aromatic heterocycles. The van der Waals surface area contributed by atoms with Gasteiger partial charge in [-0.3, -0.25) is 14.0 Å². The number of hydrogen-bond donors (Lipinski definition) is 1. The highest BCUT2D eigenvalue weighted by molar-refractivity contribution is 6.46. The van der Waals surface area contributed by atoms with Gasteiger partial charge in [0, 0.05) is 12.7 Å². The minimum absolute atomic E-state index is 0.0521. The normalized spacial score (nSPS) is 16.9. The first-order valence-corrected chi connectivity index (χ1v) is 13.0. The van der Waals surface area contributed by atoms with Crippen LogP contribution in [-0.4, -0.2) is 37.7 Å². The Morgan fingerprint density at radius 3 is 2.45 bits per heavy atom. The van der Waals surface area contributed by atoms with Crippen LogP contribution < -0.4 is 4.74 Å². The third kappa shape index (κ3) is 4.79. The number of aryl methyl sites for hydroxylation is 1. The van der Waals surface area contributed by atoms with E-state index in [9.17, 15) is 14.7 Å². The smallest absolute Gasteiger partial charge is 0.295 e. The second-order valence-electron chi connectivity index (χ2n) is 9.51. The highest BCUT2D eigenvalue weighted by atomic mass is 16.5. The van der Waals surface area contributed by atoms with Crippen LogP contribution in [0.5, 0.6) is 5.75 Å². The lowest BCUT2D eigenvalue weighted by Crippen LogP contribution is -2.29. The molecule has 2 aromatic carbocycles. The molecule has 7 heteroatoms. The quantitative estimate of drug-likeness (QED) is 0.133. The van der Waals surface area contributed by atoms with Gasteiger partial charge in [-0.15, -0.1) is 0 Å². The van der Waals surface area contributed by atoms with Crippen molar-refractivity contribution in [1.82, 2.24) is 14.3 Å². The average Bonchev–Trinajstić information content (AvgIpc) is 3.40. The Labute approximate surface area is 222 Å². The maximum absolute atomic E-state index is 13.5. The molecule has 1 aliphatic rings. The molecule has 0 saturated carbocycles. The van der Waals surface area contributed by atoms with Crippen molar-refractivity contribution < 1.29 is 19.4 Å². The van der Waals surface area contributed by atoms with Crippen molar-refractivity contribution in [3.63, 3.8) is 0 Å². The highest BCUT2D eigenvalue weighted by Gasteiger charge is 2.46. The van der Waals surface area contributed by atoms with E-state index in [2.05, 4.69) is 11.9 Å². The molecule has 7 nitrogen and oxygen atoms in total. The largest absolute Gasteiger partial charge is 0.505 e. The molecule has 194 valence electrons. The number of pyridine rings is 1. The number of unbranched alkanes of at least 4 members (excludes halogenated alkanes) is 2. The standard InChI is InChI=1S/C31H31N3O4/c1-3-4-10-19-38-24-16-14-23(15-17-24)28-26(29(35)27-21(2)32-25-13-8-9-18-33(25)27)30(36)31(37)34(28)20-22-11-6-5-7-12-22/h5-9,11-18,28,35H,3-4,10,19-20H2,1-2H3/b29-26+. The van der Waals surface area contributed by atoms with E-state index >= 15 is 0 Å². The number of benzene rings is 2. The number of ether oxygens (including phenoxy) is 1. The van der Waals surface area contributed by atoms with E-state index in [-0.39, 0.29) is 17.9 Å². The van der Waals surface area contributed by atoms with Crippen LogP contribution in [0.2, 0.25) is 0 Å². The second kappa shape index (κ2) is 10.9. The summed E-state index contributed by atoms with van der Waals surface area (Å²) in [6.45, 7) is 4.79. The minimum atomic E-state index is -0.766. The van der Waals surface area contributed by atoms with Crippen LogP contribution >= 0.6 is 0 Å².